The van der Waals surface area contributed by atoms with Crippen molar-refractivity contribution in [2.45, 2.75) is 30.3 Å². The third-order valence-electron chi connectivity index (χ3n) is 3.25. The molecule has 1 aromatic rings. The highest BCUT2D eigenvalue weighted by molar-refractivity contribution is 7.89. The Balaban J connectivity index is 2.05. The average Bonchev–Trinajstić information content (AvgIpc) is 2.78. The van der Waals surface area contributed by atoms with Crippen LogP contribution in [0.3, 0.4) is 0 Å². The number of hydrogen-bond acceptors (Lipinski definition) is 4. The molecule has 1 N–H and O–H groups in total. The fourth-order valence-electron chi connectivity index (χ4n) is 2.17. The Morgan fingerprint density at radius 3 is 2.89 bits per heavy atom. The van der Waals surface area contributed by atoms with Gasteiger partial charge >= 0.3 is 0 Å². The van der Waals surface area contributed by atoms with Gasteiger partial charge in [0.15, 0.2) is 5.03 Å². The second-order valence-corrected chi connectivity index (χ2v) is 6.80. The molecule has 1 saturated heterocycles. The van der Waals surface area contributed by atoms with Gasteiger partial charge in [-0.3, -0.25) is 0 Å². The molecular formula is C11H20N4O2S. The van der Waals surface area contributed by atoms with Gasteiger partial charge in [-0.1, -0.05) is 6.42 Å². The Morgan fingerprint density at radius 2 is 2.33 bits per heavy atom. The van der Waals surface area contributed by atoms with Crippen LogP contribution in [0.15, 0.2) is 17.6 Å². The molecule has 2 rings (SSSR count). The van der Waals surface area contributed by atoms with Gasteiger partial charge in [0, 0.05) is 32.9 Å². The number of likely N-dealkylation sites (N-methyl/N-ethyl adjacent to an activating group) is 1. The predicted molar refractivity (Wildman–Crippen MR) is 68.7 cm³/mol. The summed E-state index contributed by atoms with van der Waals surface area (Å²) in [6.45, 7) is 1.47. The van der Waals surface area contributed by atoms with Crippen molar-refractivity contribution < 1.29 is 8.42 Å². The fourth-order valence-corrected chi connectivity index (χ4v) is 3.35. The monoisotopic (exact) mass is 272 g/mol. The van der Waals surface area contributed by atoms with Gasteiger partial charge in [-0.15, -0.1) is 0 Å². The van der Waals surface area contributed by atoms with E-state index in [0.29, 0.717) is 6.54 Å². The van der Waals surface area contributed by atoms with Gasteiger partial charge in [0.1, 0.15) is 0 Å². The van der Waals surface area contributed by atoms with Gasteiger partial charge in [0.05, 0.1) is 6.33 Å². The normalized spacial score (nSPS) is 21.4. The van der Waals surface area contributed by atoms with Crippen molar-refractivity contribution in [1.82, 2.24) is 19.2 Å². The third-order valence-corrected chi connectivity index (χ3v) is 4.95. The Hall–Kier alpha value is -0.920. The largest absolute Gasteiger partial charge is 0.339 e. The molecule has 0 amide bonds. The number of aromatic nitrogens is 2. The predicted octanol–water partition coefficient (Wildman–Crippen LogP) is 0.183. The maximum atomic E-state index is 12.2. The van der Waals surface area contributed by atoms with E-state index in [4.69, 9.17) is 0 Å². The van der Waals surface area contributed by atoms with Crippen molar-refractivity contribution >= 4 is 10.0 Å². The molecule has 6 nitrogen and oxygen atoms in total. The zero-order valence-electron chi connectivity index (χ0n) is 10.8. The van der Waals surface area contributed by atoms with E-state index in [1.165, 1.54) is 23.3 Å². The number of nitrogens with one attached hydrogen (secondary N) is 1. The minimum Gasteiger partial charge on any atom is -0.339 e. The second-order valence-electron chi connectivity index (χ2n) is 4.81. The lowest BCUT2D eigenvalue weighted by atomic mass is 10.1. The lowest BCUT2D eigenvalue weighted by molar-refractivity contribution is 0.337. The SMILES string of the molecule is CN(CC1CCCCN1)S(=O)(=O)c1cn(C)cn1. The first-order chi connectivity index (χ1) is 8.50. The number of sulfonamides is 1. The van der Waals surface area contributed by atoms with Crippen LogP contribution < -0.4 is 5.32 Å². The van der Waals surface area contributed by atoms with E-state index in [1.54, 1.807) is 18.7 Å². The summed E-state index contributed by atoms with van der Waals surface area (Å²) in [7, 11) is -0.0861. The molecule has 0 aliphatic carbocycles. The van der Waals surface area contributed by atoms with Crippen LogP contribution >= 0.6 is 0 Å². The van der Waals surface area contributed by atoms with Crippen LogP contribution in [-0.2, 0) is 17.1 Å². The van der Waals surface area contributed by atoms with Crippen molar-refractivity contribution in [2.24, 2.45) is 7.05 Å². The molecule has 1 fully saturated rings. The van der Waals surface area contributed by atoms with Crippen LogP contribution in [0.5, 0.6) is 0 Å². The quantitative estimate of drug-likeness (QED) is 0.849. The molecular weight excluding hydrogens is 252 g/mol. The fraction of sp³-hybridized carbons (Fsp3) is 0.727. The van der Waals surface area contributed by atoms with Crippen molar-refractivity contribution in [1.29, 1.82) is 0 Å². The molecule has 18 heavy (non-hydrogen) atoms. The summed E-state index contributed by atoms with van der Waals surface area (Å²) in [5, 5.41) is 3.46. The molecule has 1 aliphatic rings. The summed E-state index contributed by atoms with van der Waals surface area (Å²) in [5.74, 6) is 0. The molecule has 0 spiro atoms. The lowest BCUT2D eigenvalue weighted by Gasteiger charge is -2.27. The topological polar surface area (TPSA) is 67.2 Å². The van der Waals surface area contributed by atoms with Crippen LogP contribution in [0.25, 0.3) is 0 Å². The average molecular weight is 272 g/mol. The van der Waals surface area contributed by atoms with Gasteiger partial charge in [0.2, 0.25) is 0 Å². The smallest absolute Gasteiger partial charge is 0.261 e. The van der Waals surface area contributed by atoms with E-state index in [-0.39, 0.29) is 11.1 Å². The van der Waals surface area contributed by atoms with Gasteiger partial charge in [-0.05, 0) is 19.4 Å². The van der Waals surface area contributed by atoms with Crippen LogP contribution in [-0.4, -0.2) is 48.5 Å². The van der Waals surface area contributed by atoms with Gasteiger partial charge in [-0.25, -0.2) is 13.4 Å². The van der Waals surface area contributed by atoms with Crippen molar-refractivity contribution in [3.05, 3.63) is 12.5 Å². The molecule has 1 atom stereocenters. The van der Waals surface area contributed by atoms with E-state index in [9.17, 15) is 8.42 Å². The maximum Gasteiger partial charge on any atom is 0.261 e. The molecule has 2 heterocycles. The van der Waals surface area contributed by atoms with Crippen molar-refractivity contribution in [2.75, 3.05) is 20.1 Å². The molecule has 1 unspecified atom stereocenters. The molecule has 1 aromatic heterocycles. The van der Waals surface area contributed by atoms with Crippen LogP contribution in [0.2, 0.25) is 0 Å². The summed E-state index contributed by atoms with van der Waals surface area (Å²) < 4.78 is 27.5. The van der Waals surface area contributed by atoms with Gasteiger partial charge < -0.3 is 9.88 Å². The van der Waals surface area contributed by atoms with Crippen LogP contribution in [0, 0.1) is 0 Å². The van der Waals surface area contributed by atoms with E-state index in [1.807, 2.05) is 0 Å². The molecule has 0 radical (unpaired) electrons. The zero-order chi connectivity index (χ0) is 13.2. The van der Waals surface area contributed by atoms with Gasteiger partial charge in [-0.2, -0.15) is 4.31 Å². The number of imidazole rings is 1. The van der Waals surface area contributed by atoms with E-state index >= 15 is 0 Å². The number of nitrogens with zero attached hydrogens (tertiary/aromatic N) is 3. The molecule has 102 valence electrons. The summed E-state index contributed by atoms with van der Waals surface area (Å²) in [6.07, 6.45) is 6.39. The summed E-state index contributed by atoms with van der Waals surface area (Å²) in [4.78, 5) is 3.91. The Kier molecular flexibility index (Phi) is 4.04. The highest BCUT2D eigenvalue weighted by atomic mass is 32.2. The first-order valence-corrected chi connectivity index (χ1v) is 7.62. The van der Waals surface area contributed by atoms with E-state index in [0.717, 1.165) is 19.4 Å². The molecule has 0 aromatic carbocycles. The third kappa shape index (κ3) is 2.90. The maximum absolute atomic E-state index is 12.2. The van der Waals surface area contributed by atoms with Crippen LogP contribution in [0.4, 0.5) is 0 Å². The highest BCUT2D eigenvalue weighted by Crippen LogP contribution is 2.14. The number of rotatable bonds is 4. The second kappa shape index (κ2) is 5.38. The van der Waals surface area contributed by atoms with Crippen molar-refractivity contribution in [3.63, 3.8) is 0 Å². The molecule has 7 heteroatoms. The summed E-state index contributed by atoms with van der Waals surface area (Å²) >= 11 is 0. The Bertz CT molecular complexity index is 491. The summed E-state index contributed by atoms with van der Waals surface area (Å²) in [6, 6.07) is 0.252. The first-order valence-electron chi connectivity index (χ1n) is 6.18. The molecule has 0 saturated carbocycles. The van der Waals surface area contributed by atoms with E-state index < -0.39 is 10.0 Å². The number of aryl methyl sites for hydroxylation is 1. The lowest BCUT2D eigenvalue weighted by Crippen LogP contribution is -2.44. The molecule has 1 aliphatic heterocycles. The number of hydrogen-bond donors (Lipinski definition) is 1. The first kappa shape index (κ1) is 13.5. The number of piperidine rings is 1. The minimum atomic E-state index is -3.46. The molecule has 0 bridgehead atoms. The zero-order valence-corrected chi connectivity index (χ0v) is 11.7. The standard InChI is InChI=1S/C11H20N4O2S/c1-14-8-11(13-9-14)18(16,17)15(2)7-10-5-3-4-6-12-10/h8-10,12H,3-7H2,1-2H3. The van der Waals surface area contributed by atoms with Crippen LogP contribution in [0.1, 0.15) is 19.3 Å². The Morgan fingerprint density at radius 1 is 1.56 bits per heavy atom. The highest BCUT2D eigenvalue weighted by Gasteiger charge is 2.26. The summed E-state index contributed by atoms with van der Waals surface area (Å²) in [5.41, 5.74) is 0. The minimum absolute atomic E-state index is 0.114. The van der Waals surface area contributed by atoms with Gasteiger partial charge in [0.25, 0.3) is 10.0 Å². The Labute approximate surface area is 108 Å². The van der Waals surface area contributed by atoms with Crippen molar-refractivity contribution in [3.8, 4) is 0 Å². The van der Waals surface area contributed by atoms with E-state index in [2.05, 4.69) is 10.3 Å².